The molecule has 5 nitrogen and oxygen atoms in total. The molecular formula is C19H24N4O. The second kappa shape index (κ2) is 7.11. The Balaban J connectivity index is 1.61. The van der Waals surface area contributed by atoms with Crippen LogP contribution in [0.15, 0.2) is 42.7 Å². The van der Waals surface area contributed by atoms with Gasteiger partial charge in [0.1, 0.15) is 0 Å². The van der Waals surface area contributed by atoms with Gasteiger partial charge in [-0.3, -0.25) is 0 Å². The van der Waals surface area contributed by atoms with Crippen LogP contribution in [0.25, 0.3) is 11.0 Å². The van der Waals surface area contributed by atoms with Gasteiger partial charge in [-0.1, -0.05) is 29.8 Å². The van der Waals surface area contributed by atoms with E-state index in [2.05, 4.69) is 35.3 Å². The molecule has 0 fully saturated rings. The molecule has 3 aromatic rings. The van der Waals surface area contributed by atoms with Gasteiger partial charge in [-0.15, -0.1) is 0 Å². The first-order valence-corrected chi connectivity index (χ1v) is 8.32. The van der Waals surface area contributed by atoms with Crippen molar-refractivity contribution >= 4 is 11.0 Å². The summed E-state index contributed by atoms with van der Waals surface area (Å²) in [6, 6.07) is 10.4. The predicted molar refractivity (Wildman–Crippen MR) is 95.8 cm³/mol. The molecule has 0 aliphatic carbocycles. The maximum Gasteiger partial charge on any atom is 0.157 e. The number of aliphatic hydroxyl groups excluding tert-OH is 1. The largest absolute Gasteiger partial charge is 0.387 e. The molecule has 0 aliphatic rings. The van der Waals surface area contributed by atoms with Crippen molar-refractivity contribution in [2.45, 2.75) is 39.5 Å². The Morgan fingerprint density at radius 1 is 1.21 bits per heavy atom. The minimum absolute atomic E-state index is 0.295. The average Bonchev–Trinajstić information content (AvgIpc) is 2.98. The van der Waals surface area contributed by atoms with Crippen LogP contribution in [0.5, 0.6) is 0 Å². The van der Waals surface area contributed by atoms with Gasteiger partial charge in [0.15, 0.2) is 5.65 Å². The zero-order valence-electron chi connectivity index (χ0n) is 14.4. The second-order valence-electron chi connectivity index (χ2n) is 6.50. The number of aromatic nitrogens is 3. The van der Waals surface area contributed by atoms with Crippen LogP contribution in [0, 0.1) is 6.92 Å². The fourth-order valence-corrected chi connectivity index (χ4v) is 2.81. The lowest BCUT2D eigenvalue weighted by molar-refractivity contribution is 0.174. The first-order valence-electron chi connectivity index (χ1n) is 8.32. The van der Waals surface area contributed by atoms with Crippen molar-refractivity contribution < 1.29 is 5.11 Å². The average molecular weight is 324 g/mol. The zero-order chi connectivity index (χ0) is 17.1. The third kappa shape index (κ3) is 3.63. The summed E-state index contributed by atoms with van der Waals surface area (Å²) in [5.41, 5.74) is 4.09. The number of hydrogen-bond donors (Lipinski definition) is 2. The van der Waals surface area contributed by atoms with Crippen LogP contribution in [-0.2, 0) is 6.54 Å². The number of aliphatic hydroxyl groups is 1. The third-order valence-corrected chi connectivity index (χ3v) is 4.07. The van der Waals surface area contributed by atoms with Crippen LogP contribution < -0.4 is 5.32 Å². The van der Waals surface area contributed by atoms with Crippen molar-refractivity contribution in [3.63, 3.8) is 0 Å². The van der Waals surface area contributed by atoms with Crippen molar-refractivity contribution in [2.75, 3.05) is 6.54 Å². The monoisotopic (exact) mass is 324 g/mol. The summed E-state index contributed by atoms with van der Waals surface area (Å²) in [5.74, 6) is 0. The van der Waals surface area contributed by atoms with Gasteiger partial charge in [0.25, 0.3) is 0 Å². The standard InChI is InChI=1S/C19H24N4O/c1-13(2)23-19-17(11-22-23)8-15(10-21-19)9-20-12-18(24)16-6-4-5-14(3)7-16/h4-8,10-11,13,18,20,24H,9,12H2,1-3H3. The molecule has 0 radical (unpaired) electrons. The molecular weight excluding hydrogens is 300 g/mol. The Labute approximate surface area is 142 Å². The topological polar surface area (TPSA) is 63.0 Å². The number of fused-ring (bicyclic) bond motifs is 1. The molecule has 0 saturated carbocycles. The lowest BCUT2D eigenvalue weighted by atomic mass is 10.1. The molecule has 5 heteroatoms. The number of benzene rings is 1. The van der Waals surface area contributed by atoms with E-state index in [1.165, 1.54) is 0 Å². The van der Waals surface area contributed by atoms with Gasteiger partial charge in [-0.25, -0.2) is 9.67 Å². The molecule has 1 aromatic carbocycles. The molecule has 24 heavy (non-hydrogen) atoms. The minimum Gasteiger partial charge on any atom is -0.387 e. The highest BCUT2D eigenvalue weighted by Gasteiger charge is 2.09. The quantitative estimate of drug-likeness (QED) is 0.731. The molecule has 0 amide bonds. The first-order chi connectivity index (χ1) is 11.5. The second-order valence-corrected chi connectivity index (χ2v) is 6.50. The molecule has 0 saturated heterocycles. The van der Waals surface area contributed by atoms with E-state index in [0.29, 0.717) is 19.1 Å². The SMILES string of the molecule is Cc1cccc(C(O)CNCc2cnc3c(cnn3C(C)C)c2)c1. The van der Waals surface area contributed by atoms with E-state index in [1.54, 1.807) is 0 Å². The predicted octanol–water partition coefficient (Wildman–Crippen LogP) is 3.14. The van der Waals surface area contributed by atoms with Crippen LogP contribution in [0.4, 0.5) is 0 Å². The van der Waals surface area contributed by atoms with Gasteiger partial charge >= 0.3 is 0 Å². The molecule has 2 heterocycles. The summed E-state index contributed by atoms with van der Waals surface area (Å²) in [6.45, 7) is 7.39. The van der Waals surface area contributed by atoms with Crippen LogP contribution in [-0.4, -0.2) is 26.4 Å². The molecule has 0 aliphatic heterocycles. The fraction of sp³-hybridized carbons (Fsp3) is 0.368. The molecule has 1 unspecified atom stereocenters. The van der Waals surface area contributed by atoms with Gasteiger partial charge in [-0.05, 0) is 38.0 Å². The molecule has 126 valence electrons. The Hall–Kier alpha value is -2.24. The minimum atomic E-state index is -0.509. The Bertz CT molecular complexity index is 825. The van der Waals surface area contributed by atoms with E-state index in [-0.39, 0.29) is 0 Å². The van der Waals surface area contributed by atoms with Gasteiger partial charge in [0, 0.05) is 30.7 Å². The maximum atomic E-state index is 10.3. The highest BCUT2D eigenvalue weighted by Crippen LogP contribution is 2.17. The summed E-state index contributed by atoms with van der Waals surface area (Å²) in [6.07, 6.45) is 3.22. The highest BCUT2D eigenvalue weighted by molar-refractivity contribution is 5.75. The van der Waals surface area contributed by atoms with Gasteiger partial charge in [-0.2, -0.15) is 5.10 Å². The summed E-state index contributed by atoms with van der Waals surface area (Å²) in [5, 5.41) is 19.0. The van der Waals surface area contributed by atoms with Gasteiger partial charge < -0.3 is 10.4 Å². The van der Waals surface area contributed by atoms with Gasteiger partial charge in [0.2, 0.25) is 0 Å². The van der Waals surface area contributed by atoms with E-state index >= 15 is 0 Å². The van der Waals surface area contributed by atoms with Crippen molar-refractivity contribution in [2.24, 2.45) is 0 Å². The normalized spacial score (nSPS) is 12.9. The molecule has 0 spiro atoms. The van der Waals surface area contributed by atoms with E-state index < -0.39 is 6.10 Å². The number of rotatable bonds is 6. The number of nitrogens with one attached hydrogen (secondary N) is 1. The summed E-state index contributed by atoms with van der Waals surface area (Å²) in [4.78, 5) is 4.53. The molecule has 0 bridgehead atoms. The van der Waals surface area contributed by atoms with Crippen LogP contribution in [0.2, 0.25) is 0 Å². The smallest absolute Gasteiger partial charge is 0.157 e. The molecule has 1 atom stereocenters. The van der Waals surface area contributed by atoms with Crippen LogP contribution >= 0.6 is 0 Å². The van der Waals surface area contributed by atoms with Crippen molar-refractivity contribution in [3.05, 3.63) is 59.4 Å². The molecule has 2 aromatic heterocycles. The lowest BCUT2D eigenvalue weighted by Gasteiger charge is -2.13. The lowest BCUT2D eigenvalue weighted by Crippen LogP contribution is -2.21. The van der Waals surface area contributed by atoms with Crippen molar-refractivity contribution in [1.82, 2.24) is 20.1 Å². The summed E-state index contributed by atoms with van der Waals surface area (Å²) in [7, 11) is 0. The van der Waals surface area contributed by atoms with Crippen molar-refractivity contribution in [3.8, 4) is 0 Å². The molecule has 2 N–H and O–H groups in total. The Morgan fingerprint density at radius 3 is 2.79 bits per heavy atom. The summed E-state index contributed by atoms with van der Waals surface area (Å²) >= 11 is 0. The van der Waals surface area contributed by atoms with E-state index in [1.807, 2.05) is 48.3 Å². The number of hydrogen-bond acceptors (Lipinski definition) is 4. The van der Waals surface area contributed by atoms with Crippen molar-refractivity contribution in [1.29, 1.82) is 0 Å². The first kappa shape index (κ1) is 16.6. The van der Waals surface area contributed by atoms with Gasteiger partial charge in [0.05, 0.1) is 12.3 Å². The summed E-state index contributed by atoms with van der Waals surface area (Å²) < 4.78 is 1.92. The highest BCUT2D eigenvalue weighted by atomic mass is 16.3. The van der Waals surface area contributed by atoms with E-state index in [4.69, 9.17) is 0 Å². The number of pyridine rings is 1. The maximum absolute atomic E-state index is 10.3. The number of nitrogens with zero attached hydrogens (tertiary/aromatic N) is 3. The van der Waals surface area contributed by atoms with E-state index in [0.717, 1.165) is 27.7 Å². The Kier molecular flexibility index (Phi) is 4.92. The van der Waals surface area contributed by atoms with E-state index in [9.17, 15) is 5.11 Å². The Morgan fingerprint density at radius 2 is 2.04 bits per heavy atom. The van der Waals surface area contributed by atoms with Crippen LogP contribution in [0.1, 0.15) is 42.7 Å². The number of aryl methyl sites for hydroxylation is 1. The molecule has 3 rings (SSSR count). The fourth-order valence-electron chi connectivity index (χ4n) is 2.81. The third-order valence-electron chi connectivity index (χ3n) is 4.07. The van der Waals surface area contributed by atoms with Crippen LogP contribution in [0.3, 0.4) is 0 Å². The zero-order valence-corrected chi connectivity index (χ0v) is 14.4.